The molecule has 0 heterocycles. The van der Waals surface area contributed by atoms with E-state index in [4.69, 9.17) is 0 Å². The molecule has 0 atom stereocenters. The third-order valence-corrected chi connectivity index (χ3v) is 4.17. The summed E-state index contributed by atoms with van der Waals surface area (Å²) in [4.78, 5) is 4.48. The van der Waals surface area contributed by atoms with Gasteiger partial charge in [0.05, 0.1) is 5.69 Å². The van der Waals surface area contributed by atoms with E-state index in [1.165, 1.54) is 0 Å². The molecule has 0 aliphatic rings. The molecule has 0 spiro atoms. The van der Waals surface area contributed by atoms with Crippen LogP contribution in [0.4, 0.5) is 10.1 Å². The van der Waals surface area contributed by atoms with Gasteiger partial charge in [0.2, 0.25) is 0 Å². The van der Waals surface area contributed by atoms with Crippen LogP contribution in [0.5, 0.6) is 0 Å². The largest absolute Gasteiger partial charge is 0.370 e. The van der Waals surface area contributed by atoms with Crippen molar-refractivity contribution in [3.63, 3.8) is 0 Å². The number of anilines is 1. The summed E-state index contributed by atoms with van der Waals surface area (Å²) in [5.74, 6) is -0.131. The van der Waals surface area contributed by atoms with Gasteiger partial charge >= 0.3 is 0 Å². The summed E-state index contributed by atoms with van der Waals surface area (Å²) in [5, 5.41) is 3.46. The van der Waals surface area contributed by atoms with Crippen molar-refractivity contribution in [3.8, 4) is 0 Å². The Balaban J connectivity index is 2.45. The van der Waals surface area contributed by atoms with Gasteiger partial charge in [-0.05, 0) is 64.1 Å². The topological polar surface area (TPSA) is 18.5 Å². The lowest BCUT2D eigenvalue weighted by Gasteiger charge is -2.22. The Morgan fingerprint density at radius 2 is 1.68 bits per heavy atom. The Bertz CT molecular complexity index is 415. The van der Waals surface area contributed by atoms with Crippen molar-refractivity contribution in [3.05, 3.63) is 29.6 Å². The Morgan fingerprint density at radius 1 is 1.00 bits per heavy atom. The minimum Gasteiger partial charge on any atom is -0.370 e. The lowest BCUT2D eigenvalue weighted by atomic mass is 10.1. The summed E-state index contributed by atoms with van der Waals surface area (Å²) >= 11 is 0. The molecule has 4 heteroatoms. The lowest BCUT2D eigenvalue weighted by Crippen LogP contribution is -2.27. The molecule has 0 saturated carbocycles. The molecule has 0 unspecified atom stereocenters. The van der Waals surface area contributed by atoms with Gasteiger partial charge in [0.1, 0.15) is 5.82 Å². The first kappa shape index (κ1) is 18.9. The first-order valence-electron chi connectivity index (χ1n) is 8.62. The fourth-order valence-corrected chi connectivity index (χ4v) is 2.68. The van der Waals surface area contributed by atoms with E-state index >= 15 is 0 Å². The van der Waals surface area contributed by atoms with Crippen LogP contribution in [-0.2, 0) is 6.54 Å². The fourth-order valence-electron chi connectivity index (χ4n) is 2.68. The monoisotopic (exact) mass is 309 g/mol. The highest BCUT2D eigenvalue weighted by atomic mass is 19.1. The SMILES string of the molecule is CCN(CC)CCCNCc1ccc(F)c(N(CC)CC)c1. The average Bonchev–Trinajstić information content (AvgIpc) is 2.54. The van der Waals surface area contributed by atoms with E-state index in [1.54, 1.807) is 6.07 Å². The van der Waals surface area contributed by atoms with Gasteiger partial charge in [-0.25, -0.2) is 4.39 Å². The molecule has 22 heavy (non-hydrogen) atoms. The first-order valence-corrected chi connectivity index (χ1v) is 8.62. The molecule has 0 fully saturated rings. The molecule has 126 valence electrons. The third-order valence-electron chi connectivity index (χ3n) is 4.17. The van der Waals surface area contributed by atoms with Crippen LogP contribution in [-0.4, -0.2) is 44.2 Å². The van der Waals surface area contributed by atoms with Gasteiger partial charge in [-0.1, -0.05) is 19.9 Å². The zero-order chi connectivity index (χ0) is 16.4. The second-order valence-electron chi connectivity index (χ2n) is 5.52. The van der Waals surface area contributed by atoms with Crippen molar-refractivity contribution >= 4 is 5.69 Å². The molecule has 3 nitrogen and oxygen atoms in total. The second-order valence-corrected chi connectivity index (χ2v) is 5.52. The fraction of sp³-hybridized carbons (Fsp3) is 0.667. The van der Waals surface area contributed by atoms with Crippen LogP contribution in [0.25, 0.3) is 0 Å². The first-order chi connectivity index (χ1) is 10.7. The van der Waals surface area contributed by atoms with Crippen LogP contribution in [0.1, 0.15) is 39.7 Å². The van der Waals surface area contributed by atoms with E-state index in [-0.39, 0.29) is 5.82 Å². The van der Waals surface area contributed by atoms with Crippen molar-refractivity contribution in [1.29, 1.82) is 0 Å². The molecule has 1 aromatic rings. The minimum absolute atomic E-state index is 0.131. The van der Waals surface area contributed by atoms with Gasteiger partial charge in [0.15, 0.2) is 0 Å². The number of hydrogen-bond acceptors (Lipinski definition) is 3. The highest BCUT2D eigenvalue weighted by molar-refractivity contribution is 5.49. The molecule has 0 bridgehead atoms. The van der Waals surface area contributed by atoms with Crippen molar-refractivity contribution in [2.24, 2.45) is 0 Å². The van der Waals surface area contributed by atoms with Gasteiger partial charge < -0.3 is 15.1 Å². The summed E-state index contributed by atoms with van der Waals surface area (Å²) in [7, 11) is 0. The van der Waals surface area contributed by atoms with Gasteiger partial charge in [-0.3, -0.25) is 0 Å². The van der Waals surface area contributed by atoms with E-state index in [2.05, 4.69) is 42.8 Å². The van der Waals surface area contributed by atoms with Gasteiger partial charge in [-0.15, -0.1) is 0 Å². The second kappa shape index (κ2) is 10.6. The number of halogens is 1. The predicted octanol–water partition coefficient (Wildman–Crippen LogP) is 3.49. The van der Waals surface area contributed by atoms with Crippen LogP contribution in [0.3, 0.4) is 0 Å². The molecule has 0 amide bonds. The summed E-state index contributed by atoms with van der Waals surface area (Å²) in [5.41, 5.74) is 1.86. The highest BCUT2D eigenvalue weighted by Crippen LogP contribution is 2.20. The Morgan fingerprint density at radius 3 is 2.27 bits per heavy atom. The van der Waals surface area contributed by atoms with Crippen molar-refractivity contribution < 1.29 is 4.39 Å². The zero-order valence-electron chi connectivity index (χ0n) is 14.7. The van der Waals surface area contributed by atoms with Gasteiger partial charge in [0, 0.05) is 19.6 Å². The molecular weight excluding hydrogens is 277 g/mol. The quantitative estimate of drug-likeness (QED) is 0.631. The normalized spacial score (nSPS) is 11.2. The summed E-state index contributed by atoms with van der Waals surface area (Å²) < 4.78 is 13.9. The molecule has 1 N–H and O–H groups in total. The highest BCUT2D eigenvalue weighted by Gasteiger charge is 2.09. The smallest absolute Gasteiger partial charge is 0.146 e. The summed E-state index contributed by atoms with van der Waals surface area (Å²) in [6.07, 6.45) is 1.14. The molecule has 0 radical (unpaired) electrons. The number of benzene rings is 1. The van der Waals surface area contributed by atoms with Crippen molar-refractivity contribution in [1.82, 2.24) is 10.2 Å². The van der Waals surface area contributed by atoms with Gasteiger partial charge in [-0.2, -0.15) is 0 Å². The van der Waals surface area contributed by atoms with E-state index < -0.39 is 0 Å². The standard InChI is InChI=1S/C18H32FN3/c1-5-21(6-2)13-9-12-20-15-16-10-11-17(19)18(14-16)22(7-3)8-4/h10-11,14,20H,5-9,12-13,15H2,1-4H3. The maximum atomic E-state index is 13.9. The third kappa shape index (κ3) is 5.93. The minimum atomic E-state index is -0.131. The van der Waals surface area contributed by atoms with Crippen molar-refractivity contribution in [2.45, 2.75) is 40.7 Å². The number of nitrogens with one attached hydrogen (secondary N) is 1. The van der Waals surface area contributed by atoms with E-state index in [0.29, 0.717) is 5.69 Å². The van der Waals surface area contributed by atoms with Crippen LogP contribution < -0.4 is 10.2 Å². The Hall–Kier alpha value is -1.13. The lowest BCUT2D eigenvalue weighted by molar-refractivity contribution is 0.298. The molecule has 0 aliphatic carbocycles. The molecule has 0 aromatic heterocycles. The summed E-state index contributed by atoms with van der Waals surface area (Å²) in [6.45, 7) is 15.3. The average molecular weight is 309 g/mol. The Labute approximate surface area is 135 Å². The molecular formula is C18H32FN3. The Kier molecular flexibility index (Phi) is 9.09. The molecule has 1 aromatic carbocycles. The van der Waals surface area contributed by atoms with Crippen molar-refractivity contribution in [2.75, 3.05) is 44.2 Å². The van der Waals surface area contributed by atoms with E-state index in [0.717, 1.165) is 57.8 Å². The molecule has 0 aliphatic heterocycles. The molecule has 1 rings (SSSR count). The van der Waals surface area contributed by atoms with Crippen LogP contribution in [0, 0.1) is 5.82 Å². The van der Waals surface area contributed by atoms with Crippen LogP contribution in [0.15, 0.2) is 18.2 Å². The maximum absolute atomic E-state index is 13.9. The summed E-state index contributed by atoms with van der Waals surface area (Å²) in [6, 6.07) is 5.43. The van der Waals surface area contributed by atoms with E-state index in [1.807, 2.05) is 12.1 Å². The van der Waals surface area contributed by atoms with Crippen LogP contribution in [0.2, 0.25) is 0 Å². The zero-order valence-corrected chi connectivity index (χ0v) is 14.7. The predicted molar refractivity (Wildman–Crippen MR) is 94.1 cm³/mol. The van der Waals surface area contributed by atoms with Crippen LogP contribution >= 0.6 is 0 Å². The number of rotatable bonds is 11. The van der Waals surface area contributed by atoms with Gasteiger partial charge in [0.25, 0.3) is 0 Å². The van der Waals surface area contributed by atoms with E-state index in [9.17, 15) is 4.39 Å². The number of nitrogens with zero attached hydrogens (tertiary/aromatic N) is 2. The maximum Gasteiger partial charge on any atom is 0.146 e. The molecule has 0 saturated heterocycles. The number of hydrogen-bond donors (Lipinski definition) is 1.